The SMILES string of the molecule is COc1ccc(Cc2nnc(SC)[nH]c2=O)c(OC)c1. The Bertz CT molecular complexity index is 658. The zero-order valence-electron chi connectivity index (χ0n) is 11.5. The number of benzene rings is 1. The van der Waals surface area contributed by atoms with Crippen molar-refractivity contribution in [3.05, 3.63) is 39.8 Å². The zero-order valence-corrected chi connectivity index (χ0v) is 12.3. The van der Waals surface area contributed by atoms with Crippen LogP contribution in [0, 0.1) is 0 Å². The summed E-state index contributed by atoms with van der Waals surface area (Å²) < 4.78 is 10.4. The van der Waals surface area contributed by atoms with Crippen molar-refractivity contribution in [1.82, 2.24) is 15.2 Å². The van der Waals surface area contributed by atoms with E-state index in [1.807, 2.05) is 18.4 Å². The lowest BCUT2D eigenvalue weighted by Crippen LogP contribution is -2.18. The molecule has 0 aliphatic carbocycles. The summed E-state index contributed by atoms with van der Waals surface area (Å²) in [5, 5.41) is 8.40. The number of methoxy groups -OCH3 is 2. The molecular weight excluding hydrogens is 278 g/mol. The van der Waals surface area contributed by atoms with Crippen LogP contribution in [-0.4, -0.2) is 35.7 Å². The van der Waals surface area contributed by atoms with Crippen molar-refractivity contribution in [2.24, 2.45) is 0 Å². The van der Waals surface area contributed by atoms with Crippen LogP contribution in [0.3, 0.4) is 0 Å². The van der Waals surface area contributed by atoms with Gasteiger partial charge in [-0.15, -0.1) is 10.2 Å². The third-order valence-corrected chi connectivity index (χ3v) is 3.36. The maximum Gasteiger partial charge on any atom is 0.273 e. The standard InChI is InChI=1S/C13H15N3O3S/c1-18-9-5-4-8(11(7-9)19-2)6-10-12(17)14-13(20-3)16-15-10/h4-5,7H,6H2,1-3H3,(H,14,16,17). The topological polar surface area (TPSA) is 77.1 Å². The van der Waals surface area contributed by atoms with Gasteiger partial charge in [0.15, 0.2) is 5.16 Å². The second-order valence-electron chi connectivity index (χ2n) is 3.96. The molecule has 0 spiro atoms. The first-order valence-corrected chi connectivity index (χ1v) is 7.11. The van der Waals surface area contributed by atoms with Crippen molar-refractivity contribution >= 4 is 11.8 Å². The van der Waals surface area contributed by atoms with Gasteiger partial charge in [0.1, 0.15) is 17.2 Å². The van der Waals surface area contributed by atoms with Crippen molar-refractivity contribution in [3.63, 3.8) is 0 Å². The van der Waals surface area contributed by atoms with E-state index in [4.69, 9.17) is 9.47 Å². The van der Waals surface area contributed by atoms with Crippen LogP contribution < -0.4 is 15.0 Å². The summed E-state index contributed by atoms with van der Waals surface area (Å²) in [7, 11) is 3.16. The fourth-order valence-corrected chi connectivity index (χ4v) is 2.05. The van der Waals surface area contributed by atoms with E-state index in [0.717, 1.165) is 5.56 Å². The fourth-order valence-electron chi connectivity index (χ4n) is 1.73. The highest BCUT2D eigenvalue weighted by atomic mass is 32.2. The van der Waals surface area contributed by atoms with E-state index in [1.54, 1.807) is 20.3 Å². The summed E-state index contributed by atoms with van der Waals surface area (Å²) in [5.74, 6) is 1.35. The third-order valence-electron chi connectivity index (χ3n) is 2.79. The molecule has 2 aromatic rings. The Kier molecular flexibility index (Phi) is 4.62. The van der Waals surface area contributed by atoms with Gasteiger partial charge in [-0.1, -0.05) is 17.8 Å². The first-order chi connectivity index (χ1) is 9.67. The Balaban J connectivity index is 2.32. The minimum absolute atomic E-state index is 0.234. The van der Waals surface area contributed by atoms with Crippen molar-refractivity contribution in [2.75, 3.05) is 20.5 Å². The van der Waals surface area contributed by atoms with Gasteiger partial charge in [-0.05, 0) is 12.3 Å². The Labute approximate surface area is 120 Å². The molecule has 0 saturated heterocycles. The molecule has 7 heteroatoms. The largest absolute Gasteiger partial charge is 0.497 e. The monoisotopic (exact) mass is 293 g/mol. The van der Waals surface area contributed by atoms with E-state index in [2.05, 4.69) is 15.2 Å². The highest BCUT2D eigenvalue weighted by Gasteiger charge is 2.10. The van der Waals surface area contributed by atoms with Gasteiger partial charge in [0.2, 0.25) is 0 Å². The summed E-state index contributed by atoms with van der Waals surface area (Å²) in [6.45, 7) is 0. The zero-order chi connectivity index (χ0) is 14.5. The molecule has 106 valence electrons. The van der Waals surface area contributed by atoms with Crippen LogP contribution >= 0.6 is 11.8 Å². The second kappa shape index (κ2) is 6.42. The molecule has 2 rings (SSSR count). The molecule has 1 heterocycles. The molecule has 0 fully saturated rings. The van der Waals surface area contributed by atoms with E-state index in [9.17, 15) is 4.79 Å². The molecule has 20 heavy (non-hydrogen) atoms. The van der Waals surface area contributed by atoms with Gasteiger partial charge in [-0.25, -0.2) is 0 Å². The van der Waals surface area contributed by atoms with Crippen LogP contribution in [0.5, 0.6) is 11.5 Å². The van der Waals surface area contributed by atoms with Gasteiger partial charge < -0.3 is 9.47 Å². The van der Waals surface area contributed by atoms with Gasteiger partial charge in [-0.2, -0.15) is 0 Å². The smallest absolute Gasteiger partial charge is 0.273 e. The van der Waals surface area contributed by atoms with Crippen LogP contribution in [0.4, 0.5) is 0 Å². The summed E-state index contributed by atoms with van der Waals surface area (Å²) in [5.41, 5.74) is 0.971. The number of nitrogens with zero attached hydrogens (tertiary/aromatic N) is 2. The molecule has 6 nitrogen and oxygen atoms in total. The average molecular weight is 293 g/mol. The van der Waals surface area contributed by atoms with Gasteiger partial charge in [0.25, 0.3) is 5.56 Å². The molecular formula is C13H15N3O3S. The molecule has 0 aliphatic rings. The Morgan fingerprint density at radius 1 is 1.25 bits per heavy atom. The predicted molar refractivity (Wildman–Crippen MR) is 76.8 cm³/mol. The lowest BCUT2D eigenvalue weighted by Gasteiger charge is -2.09. The lowest BCUT2D eigenvalue weighted by molar-refractivity contribution is 0.391. The summed E-state index contributed by atoms with van der Waals surface area (Å²) in [6.07, 6.45) is 2.18. The van der Waals surface area contributed by atoms with Crippen molar-refractivity contribution < 1.29 is 9.47 Å². The number of rotatable bonds is 5. The van der Waals surface area contributed by atoms with Gasteiger partial charge in [-0.3, -0.25) is 9.78 Å². The van der Waals surface area contributed by atoms with Crippen molar-refractivity contribution in [1.29, 1.82) is 0 Å². The van der Waals surface area contributed by atoms with Crippen LogP contribution in [0.15, 0.2) is 28.2 Å². The van der Waals surface area contributed by atoms with Crippen LogP contribution in [0.25, 0.3) is 0 Å². The molecule has 0 saturated carbocycles. The van der Waals surface area contributed by atoms with Crippen molar-refractivity contribution in [2.45, 2.75) is 11.6 Å². The van der Waals surface area contributed by atoms with E-state index < -0.39 is 0 Å². The fraction of sp³-hybridized carbons (Fsp3) is 0.308. The quantitative estimate of drug-likeness (QED) is 0.842. The number of H-pyrrole nitrogens is 1. The Hall–Kier alpha value is -2.02. The van der Waals surface area contributed by atoms with Crippen LogP contribution in [-0.2, 0) is 6.42 Å². The average Bonchev–Trinajstić information content (AvgIpc) is 2.49. The number of aromatic nitrogens is 3. The van der Waals surface area contributed by atoms with E-state index in [-0.39, 0.29) is 5.56 Å². The van der Waals surface area contributed by atoms with Gasteiger partial charge in [0.05, 0.1) is 14.2 Å². The van der Waals surface area contributed by atoms with E-state index in [1.165, 1.54) is 11.8 Å². The summed E-state index contributed by atoms with van der Waals surface area (Å²) in [6, 6.07) is 5.43. The highest BCUT2D eigenvalue weighted by Crippen LogP contribution is 2.25. The summed E-state index contributed by atoms with van der Waals surface area (Å²) in [4.78, 5) is 14.6. The number of nitrogens with one attached hydrogen (secondary N) is 1. The van der Waals surface area contributed by atoms with Gasteiger partial charge >= 0.3 is 0 Å². The number of ether oxygens (including phenoxy) is 2. The third kappa shape index (κ3) is 3.11. The summed E-state index contributed by atoms with van der Waals surface area (Å²) >= 11 is 1.34. The van der Waals surface area contributed by atoms with Crippen LogP contribution in [0.2, 0.25) is 0 Å². The number of aromatic amines is 1. The second-order valence-corrected chi connectivity index (χ2v) is 4.76. The van der Waals surface area contributed by atoms with Crippen LogP contribution in [0.1, 0.15) is 11.3 Å². The highest BCUT2D eigenvalue weighted by molar-refractivity contribution is 7.98. The molecule has 1 N–H and O–H groups in total. The molecule has 0 bridgehead atoms. The maximum absolute atomic E-state index is 11.9. The minimum Gasteiger partial charge on any atom is -0.497 e. The minimum atomic E-state index is -0.234. The normalized spacial score (nSPS) is 10.3. The number of hydrogen-bond donors (Lipinski definition) is 1. The molecule has 0 radical (unpaired) electrons. The first kappa shape index (κ1) is 14.4. The first-order valence-electron chi connectivity index (χ1n) is 5.88. The Morgan fingerprint density at radius 2 is 2.05 bits per heavy atom. The maximum atomic E-state index is 11.9. The molecule has 0 unspecified atom stereocenters. The molecule has 0 amide bonds. The van der Waals surface area contributed by atoms with E-state index >= 15 is 0 Å². The molecule has 1 aromatic heterocycles. The molecule has 1 aromatic carbocycles. The molecule has 0 atom stereocenters. The van der Waals surface area contributed by atoms with Crippen molar-refractivity contribution in [3.8, 4) is 11.5 Å². The number of thioether (sulfide) groups is 1. The molecule has 0 aliphatic heterocycles. The van der Waals surface area contributed by atoms with Gasteiger partial charge in [0, 0.05) is 18.1 Å². The predicted octanol–water partition coefficient (Wildman–Crippen LogP) is 1.49. The lowest BCUT2D eigenvalue weighted by atomic mass is 10.1. The number of hydrogen-bond acceptors (Lipinski definition) is 6. The van der Waals surface area contributed by atoms with E-state index in [0.29, 0.717) is 28.8 Å². The Morgan fingerprint density at radius 3 is 2.65 bits per heavy atom.